The molecule has 0 spiro atoms. The summed E-state index contributed by atoms with van der Waals surface area (Å²) < 4.78 is 0. The van der Waals surface area contributed by atoms with E-state index in [2.05, 4.69) is 15.5 Å². The molecule has 4 rings (SSSR count). The Labute approximate surface area is 263 Å². The number of benzene rings is 2. The number of carbonyl (C=O) groups is 3. The number of carbonyl (C=O) groups excluding carboxylic acids is 3. The molecule has 1 aliphatic heterocycles. The van der Waals surface area contributed by atoms with Crippen molar-refractivity contribution in [2.75, 3.05) is 39.3 Å². The topological polar surface area (TPSA) is 108 Å². The quantitative estimate of drug-likeness (QED) is 0.342. The zero-order chi connectivity index (χ0) is 30.1. The zero-order valence-electron chi connectivity index (χ0n) is 23.8. The Balaban J connectivity index is 1.39. The van der Waals surface area contributed by atoms with Crippen LogP contribution < -0.4 is 16.4 Å². The molecule has 0 bridgehead atoms. The van der Waals surface area contributed by atoms with Gasteiger partial charge in [-0.3, -0.25) is 19.3 Å². The lowest BCUT2D eigenvalue weighted by molar-refractivity contribution is -0.139. The van der Waals surface area contributed by atoms with E-state index in [1.165, 1.54) is 6.42 Å². The molecule has 1 atom stereocenters. The van der Waals surface area contributed by atoms with Gasteiger partial charge >= 0.3 is 0 Å². The van der Waals surface area contributed by atoms with Crippen LogP contribution in [-0.4, -0.2) is 78.4 Å². The maximum atomic E-state index is 13.7. The predicted octanol–water partition coefficient (Wildman–Crippen LogP) is 4.23. The van der Waals surface area contributed by atoms with Gasteiger partial charge in [0.25, 0.3) is 0 Å². The molecule has 8 nitrogen and oxygen atoms in total. The number of nitrogens with two attached hydrogens (primary N) is 1. The number of hydrogen-bond acceptors (Lipinski definition) is 5. The van der Waals surface area contributed by atoms with E-state index in [4.69, 9.17) is 40.5 Å². The molecule has 42 heavy (non-hydrogen) atoms. The number of piperazine rings is 1. The standard InChI is InChI=1S/C31H40Cl3N5O3/c32-24-7-4-22(5-8-24)18-29(41)36-21-31(11-2-1-3-12-31)39-16-14-38(15-17-39)30(42)27(37-28(40)10-13-35)19-23-6-9-25(33)20-26(23)34/h4-9,20,27H,1-3,10-19,21,35H2,(H,36,41)(H,37,40)/t27-/m1/s1. The molecule has 1 saturated heterocycles. The molecule has 1 heterocycles. The molecule has 2 fully saturated rings. The maximum Gasteiger partial charge on any atom is 0.245 e. The first kappa shape index (κ1) is 32.6. The minimum absolute atomic E-state index is 0.00647. The molecular weight excluding hydrogens is 597 g/mol. The number of rotatable bonds is 11. The van der Waals surface area contributed by atoms with Gasteiger partial charge in [-0.2, -0.15) is 0 Å². The van der Waals surface area contributed by atoms with Gasteiger partial charge in [0, 0.05) is 72.7 Å². The minimum atomic E-state index is -0.759. The second-order valence-electron chi connectivity index (χ2n) is 11.3. The van der Waals surface area contributed by atoms with Gasteiger partial charge in [-0.25, -0.2) is 0 Å². The van der Waals surface area contributed by atoms with Gasteiger partial charge in [-0.05, 0) is 48.2 Å². The Morgan fingerprint density at radius 1 is 0.881 bits per heavy atom. The Morgan fingerprint density at radius 3 is 2.19 bits per heavy atom. The van der Waals surface area contributed by atoms with Crippen molar-refractivity contribution in [1.29, 1.82) is 0 Å². The van der Waals surface area contributed by atoms with Crippen LogP contribution in [0.3, 0.4) is 0 Å². The molecule has 4 N–H and O–H groups in total. The van der Waals surface area contributed by atoms with E-state index in [9.17, 15) is 14.4 Å². The van der Waals surface area contributed by atoms with Crippen molar-refractivity contribution >= 4 is 52.5 Å². The van der Waals surface area contributed by atoms with E-state index < -0.39 is 6.04 Å². The normalized spacial score (nSPS) is 17.9. The van der Waals surface area contributed by atoms with Gasteiger partial charge in [0.2, 0.25) is 17.7 Å². The lowest BCUT2D eigenvalue weighted by Gasteiger charge is -2.50. The second kappa shape index (κ2) is 15.4. The van der Waals surface area contributed by atoms with Gasteiger partial charge in [-0.15, -0.1) is 0 Å². The van der Waals surface area contributed by atoms with Crippen molar-refractivity contribution in [3.8, 4) is 0 Å². The first-order chi connectivity index (χ1) is 20.2. The summed E-state index contributed by atoms with van der Waals surface area (Å²) in [6.45, 7) is 3.26. The van der Waals surface area contributed by atoms with E-state index >= 15 is 0 Å². The summed E-state index contributed by atoms with van der Waals surface area (Å²) in [4.78, 5) is 43.3. The summed E-state index contributed by atoms with van der Waals surface area (Å²) >= 11 is 18.4. The van der Waals surface area contributed by atoms with Crippen LogP contribution in [-0.2, 0) is 27.2 Å². The van der Waals surface area contributed by atoms with Crippen LogP contribution in [0.25, 0.3) is 0 Å². The summed E-state index contributed by atoms with van der Waals surface area (Å²) in [7, 11) is 0. The van der Waals surface area contributed by atoms with Gasteiger partial charge in [0.15, 0.2) is 0 Å². The van der Waals surface area contributed by atoms with E-state index in [0.717, 1.165) is 36.8 Å². The fourth-order valence-electron chi connectivity index (χ4n) is 6.05. The second-order valence-corrected chi connectivity index (χ2v) is 12.6. The van der Waals surface area contributed by atoms with E-state index in [0.29, 0.717) is 54.2 Å². The van der Waals surface area contributed by atoms with Crippen LogP contribution >= 0.6 is 34.8 Å². The third-order valence-corrected chi connectivity index (χ3v) is 9.22. The third kappa shape index (κ3) is 8.83. The summed E-state index contributed by atoms with van der Waals surface area (Å²) in [5.41, 5.74) is 7.11. The highest BCUT2D eigenvalue weighted by Gasteiger charge is 2.40. The highest BCUT2D eigenvalue weighted by Crippen LogP contribution is 2.34. The number of nitrogens with one attached hydrogen (secondary N) is 2. The fraction of sp³-hybridized carbons (Fsp3) is 0.516. The summed E-state index contributed by atoms with van der Waals surface area (Å²) in [5.74, 6) is -0.414. The molecule has 0 radical (unpaired) electrons. The highest BCUT2D eigenvalue weighted by atomic mass is 35.5. The summed E-state index contributed by atoms with van der Waals surface area (Å²) in [6.07, 6.45) is 6.14. The molecule has 11 heteroatoms. The van der Waals surface area contributed by atoms with Crippen LogP contribution in [0.2, 0.25) is 15.1 Å². The smallest absolute Gasteiger partial charge is 0.245 e. The first-order valence-corrected chi connectivity index (χ1v) is 15.8. The minimum Gasteiger partial charge on any atom is -0.354 e. The summed E-state index contributed by atoms with van der Waals surface area (Å²) in [5, 5.41) is 7.69. The number of halogens is 3. The lowest BCUT2D eigenvalue weighted by atomic mass is 9.79. The van der Waals surface area contributed by atoms with Crippen LogP contribution in [0, 0.1) is 0 Å². The van der Waals surface area contributed by atoms with Crippen LogP contribution in [0.5, 0.6) is 0 Å². The molecule has 3 amide bonds. The van der Waals surface area contributed by atoms with Gasteiger partial charge < -0.3 is 21.3 Å². The van der Waals surface area contributed by atoms with Gasteiger partial charge in [0.1, 0.15) is 6.04 Å². The lowest BCUT2D eigenvalue weighted by Crippen LogP contribution is -2.63. The Kier molecular flexibility index (Phi) is 11.9. The summed E-state index contributed by atoms with van der Waals surface area (Å²) in [6, 6.07) is 11.7. The fourth-order valence-corrected chi connectivity index (χ4v) is 6.67. The first-order valence-electron chi connectivity index (χ1n) is 14.7. The van der Waals surface area contributed by atoms with Gasteiger partial charge in [0.05, 0.1) is 6.42 Å². The Hall–Kier alpha value is -2.36. The largest absolute Gasteiger partial charge is 0.354 e. The van der Waals surface area contributed by atoms with Crippen molar-refractivity contribution < 1.29 is 14.4 Å². The number of hydrogen-bond donors (Lipinski definition) is 3. The van der Waals surface area contributed by atoms with Crippen molar-refractivity contribution in [1.82, 2.24) is 20.4 Å². The molecule has 1 saturated carbocycles. The Morgan fingerprint density at radius 2 is 1.55 bits per heavy atom. The number of amides is 3. The van der Waals surface area contributed by atoms with Crippen molar-refractivity contribution in [2.24, 2.45) is 5.73 Å². The molecular formula is C31H40Cl3N5O3. The van der Waals surface area contributed by atoms with E-state index in [1.807, 2.05) is 17.0 Å². The predicted molar refractivity (Wildman–Crippen MR) is 168 cm³/mol. The monoisotopic (exact) mass is 635 g/mol. The highest BCUT2D eigenvalue weighted by molar-refractivity contribution is 6.35. The zero-order valence-corrected chi connectivity index (χ0v) is 26.1. The molecule has 2 aromatic carbocycles. The SMILES string of the molecule is NCCC(=O)N[C@H](Cc1ccc(Cl)cc1Cl)C(=O)N1CCN(C2(CNC(=O)Cc3ccc(Cl)cc3)CCCCC2)CC1. The van der Waals surface area contributed by atoms with Crippen LogP contribution in [0.4, 0.5) is 0 Å². The average Bonchev–Trinajstić information content (AvgIpc) is 2.98. The maximum absolute atomic E-state index is 13.7. The molecule has 0 aromatic heterocycles. The number of nitrogens with zero attached hydrogens (tertiary/aromatic N) is 2. The molecule has 0 unspecified atom stereocenters. The molecule has 2 aromatic rings. The Bertz CT molecular complexity index is 1230. The molecule has 1 aliphatic carbocycles. The van der Waals surface area contributed by atoms with Crippen molar-refractivity contribution in [2.45, 2.75) is 62.9 Å². The molecule has 228 valence electrons. The van der Waals surface area contributed by atoms with Crippen molar-refractivity contribution in [3.63, 3.8) is 0 Å². The van der Waals surface area contributed by atoms with Crippen molar-refractivity contribution in [3.05, 3.63) is 68.7 Å². The average molecular weight is 637 g/mol. The van der Waals surface area contributed by atoms with E-state index in [1.54, 1.807) is 30.3 Å². The molecule has 2 aliphatic rings. The third-order valence-electron chi connectivity index (χ3n) is 8.38. The van der Waals surface area contributed by atoms with Crippen LogP contribution in [0.1, 0.15) is 49.7 Å². The van der Waals surface area contributed by atoms with Crippen LogP contribution in [0.15, 0.2) is 42.5 Å². The van der Waals surface area contributed by atoms with Gasteiger partial charge in [-0.1, -0.05) is 72.3 Å². The van der Waals surface area contributed by atoms with E-state index in [-0.39, 0.29) is 42.6 Å².